The standard InChI is InChI=1S/C32H35F5O3S/c1-2-29(24-11-5-3-6-12-24)30(26-13-9-14-27(38)23-26)25-15-17-28(18-16-25)40-20-7-4-8-21-41(39)22-10-19-31(33,34)32(35,36)37/h3,5-6,9,11-18,23,38H,2,4,7-8,10,19-22H2,1H3/b30-29+. The van der Waals surface area contributed by atoms with Crippen LogP contribution in [0.2, 0.25) is 0 Å². The van der Waals surface area contributed by atoms with Gasteiger partial charge in [-0.15, -0.1) is 0 Å². The SMILES string of the molecule is CC/C(=C(/c1ccc(OCCCCCS(=O)CCCC(F)(F)C(F)(F)F)cc1)c1cccc(O)c1)c1ccccc1. The molecule has 0 spiro atoms. The third kappa shape index (κ3) is 9.69. The number of halogens is 5. The van der Waals surface area contributed by atoms with Crippen molar-refractivity contribution in [2.45, 2.75) is 57.5 Å². The average Bonchev–Trinajstić information content (AvgIpc) is 2.93. The number of phenolic OH excluding ortho intramolecular Hbond substituents is 1. The zero-order chi connectivity index (χ0) is 29.9. The number of alkyl halides is 5. The molecule has 3 rings (SSSR count). The third-order valence-electron chi connectivity index (χ3n) is 6.62. The van der Waals surface area contributed by atoms with Crippen molar-refractivity contribution in [3.63, 3.8) is 0 Å². The summed E-state index contributed by atoms with van der Waals surface area (Å²) in [6.45, 7) is 2.54. The summed E-state index contributed by atoms with van der Waals surface area (Å²) in [5, 5.41) is 10.1. The Balaban J connectivity index is 1.52. The predicted octanol–water partition coefficient (Wildman–Crippen LogP) is 9.04. The Kier molecular flexibility index (Phi) is 11.9. The van der Waals surface area contributed by atoms with Crippen LogP contribution in [0.1, 0.15) is 62.1 Å². The van der Waals surface area contributed by atoms with Gasteiger partial charge >= 0.3 is 12.1 Å². The Morgan fingerprint density at radius 3 is 2.07 bits per heavy atom. The van der Waals surface area contributed by atoms with Gasteiger partial charge in [-0.2, -0.15) is 22.0 Å². The molecular weight excluding hydrogens is 559 g/mol. The fourth-order valence-electron chi connectivity index (χ4n) is 4.49. The first-order chi connectivity index (χ1) is 19.5. The quantitative estimate of drug-likeness (QED) is 0.109. The molecule has 0 aliphatic heterocycles. The van der Waals surface area contributed by atoms with E-state index in [9.17, 15) is 31.3 Å². The first-order valence-corrected chi connectivity index (χ1v) is 15.1. The van der Waals surface area contributed by atoms with Gasteiger partial charge in [0, 0.05) is 28.7 Å². The fourth-order valence-corrected chi connectivity index (χ4v) is 5.69. The van der Waals surface area contributed by atoms with Crippen LogP contribution < -0.4 is 4.74 Å². The summed E-state index contributed by atoms with van der Waals surface area (Å²) >= 11 is 0. The average molecular weight is 595 g/mol. The second kappa shape index (κ2) is 15.1. The molecule has 1 unspecified atom stereocenters. The molecule has 0 saturated heterocycles. The molecule has 0 heterocycles. The molecule has 41 heavy (non-hydrogen) atoms. The largest absolute Gasteiger partial charge is 0.508 e. The van der Waals surface area contributed by atoms with Crippen LogP contribution in [-0.4, -0.2) is 39.5 Å². The van der Waals surface area contributed by atoms with Crippen molar-refractivity contribution in [3.05, 3.63) is 95.6 Å². The molecule has 3 nitrogen and oxygen atoms in total. The summed E-state index contributed by atoms with van der Waals surface area (Å²) < 4.78 is 80.3. The second-order valence-electron chi connectivity index (χ2n) is 9.71. The number of aromatic hydroxyl groups is 1. The van der Waals surface area contributed by atoms with Crippen LogP contribution in [0.4, 0.5) is 22.0 Å². The molecule has 3 aromatic rings. The van der Waals surface area contributed by atoms with Crippen molar-refractivity contribution in [1.82, 2.24) is 0 Å². The van der Waals surface area contributed by atoms with Gasteiger partial charge in [0.15, 0.2) is 0 Å². The van der Waals surface area contributed by atoms with Crippen molar-refractivity contribution in [1.29, 1.82) is 0 Å². The molecule has 0 aromatic heterocycles. The van der Waals surface area contributed by atoms with E-state index in [1.165, 1.54) is 0 Å². The van der Waals surface area contributed by atoms with Gasteiger partial charge in [0.2, 0.25) is 0 Å². The molecule has 0 fully saturated rings. The van der Waals surface area contributed by atoms with Gasteiger partial charge in [-0.05, 0) is 84.2 Å². The molecule has 9 heteroatoms. The van der Waals surface area contributed by atoms with Gasteiger partial charge in [0.1, 0.15) is 11.5 Å². The number of allylic oxidation sites excluding steroid dienone is 1. The lowest BCUT2D eigenvalue weighted by Crippen LogP contribution is -2.36. The molecular formula is C32H35F5O3S. The summed E-state index contributed by atoms with van der Waals surface area (Å²) in [5.41, 5.74) is 5.17. The van der Waals surface area contributed by atoms with Crippen molar-refractivity contribution in [2.24, 2.45) is 0 Å². The van der Waals surface area contributed by atoms with Gasteiger partial charge < -0.3 is 9.84 Å². The van der Waals surface area contributed by atoms with E-state index in [2.05, 4.69) is 19.1 Å². The summed E-state index contributed by atoms with van der Waals surface area (Å²) in [7, 11) is -1.43. The van der Waals surface area contributed by atoms with Gasteiger partial charge in [-0.25, -0.2) is 0 Å². The minimum Gasteiger partial charge on any atom is -0.508 e. The number of ether oxygens (including phenoxy) is 1. The van der Waals surface area contributed by atoms with Crippen LogP contribution in [-0.2, 0) is 10.8 Å². The maximum Gasteiger partial charge on any atom is 0.453 e. The van der Waals surface area contributed by atoms with Crippen LogP contribution in [0.3, 0.4) is 0 Å². The minimum absolute atomic E-state index is 0.169. The predicted molar refractivity (Wildman–Crippen MR) is 155 cm³/mol. The van der Waals surface area contributed by atoms with Crippen LogP contribution in [0.15, 0.2) is 78.9 Å². The number of rotatable bonds is 15. The van der Waals surface area contributed by atoms with Crippen molar-refractivity contribution >= 4 is 21.9 Å². The van der Waals surface area contributed by atoms with Gasteiger partial charge in [-0.3, -0.25) is 4.21 Å². The lowest BCUT2D eigenvalue weighted by Gasteiger charge is -2.19. The molecule has 0 radical (unpaired) electrons. The number of hydrogen-bond acceptors (Lipinski definition) is 3. The lowest BCUT2D eigenvalue weighted by atomic mass is 9.88. The van der Waals surface area contributed by atoms with Crippen LogP contribution in [0.25, 0.3) is 11.1 Å². The Hall–Kier alpha value is -3.20. The van der Waals surface area contributed by atoms with E-state index in [0.717, 1.165) is 34.3 Å². The van der Waals surface area contributed by atoms with E-state index in [1.54, 1.807) is 12.1 Å². The van der Waals surface area contributed by atoms with E-state index in [0.29, 0.717) is 31.6 Å². The Morgan fingerprint density at radius 2 is 1.44 bits per heavy atom. The molecule has 0 bridgehead atoms. The summed E-state index contributed by atoms with van der Waals surface area (Å²) in [6, 6.07) is 25.1. The maximum atomic E-state index is 12.9. The van der Waals surface area contributed by atoms with Crippen molar-refractivity contribution in [3.8, 4) is 11.5 Å². The highest BCUT2D eigenvalue weighted by Gasteiger charge is 2.56. The van der Waals surface area contributed by atoms with Gasteiger partial charge in [0.25, 0.3) is 0 Å². The summed E-state index contributed by atoms with van der Waals surface area (Å²) in [5.74, 6) is -3.77. The van der Waals surface area contributed by atoms with E-state index < -0.39 is 35.7 Å². The van der Waals surface area contributed by atoms with Crippen LogP contribution in [0, 0.1) is 0 Å². The molecule has 0 saturated carbocycles. The lowest BCUT2D eigenvalue weighted by molar-refractivity contribution is -0.284. The molecule has 222 valence electrons. The smallest absolute Gasteiger partial charge is 0.453 e. The van der Waals surface area contributed by atoms with E-state index >= 15 is 0 Å². The van der Waals surface area contributed by atoms with Crippen molar-refractivity contribution in [2.75, 3.05) is 18.1 Å². The molecule has 0 aliphatic carbocycles. The van der Waals surface area contributed by atoms with E-state index in [1.807, 2.05) is 54.6 Å². The van der Waals surface area contributed by atoms with Gasteiger partial charge in [-0.1, -0.05) is 61.5 Å². The molecule has 1 atom stereocenters. The number of hydrogen-bond donors (Lipinski definition) is 1. The highest BCUT2D eigenvalue weighted by Crippen LogP contribution is 2.39. The first-order valence-electron chi connectivity index (χ1n) is 13.6. The number of unbranched alkanes of at least 4 members (excludes halogenated alkanes) is 2. The Morgan fingerprint density at radius 1 is 0.780 bits per heavy atom. The summed E-state index contributed by atoms with van der Waals surface area (Å²) in [4.78, 5) is 0. The monoisotopic (exact) mass is 594 g/mol. The number of phenols is 1. The highest BCUT2D eigenvalue weighted by atomic mass is 32.2. The molecule has 0 amide bonds. The van der Waals surface area contributed by atoms with Gasteiger partial charge in [0.05, 0.1) is 6.61 Å². The van der Waals surface area contributed by atoms with E-state index in [4.69, 9.17) is 4.74 Å². The Bertz CT molecular complexity index is 1290. The van der Waals surface area contributed by atoms with Crippen LogP contribution >= 0.6 is 0 Å². The maximum absolute atomic E-state index is 12.9. The van der Waals surface area contributed by atoms with E-state index in [-0.39, 0.29) is 17.3 Å². The van der Waals surface area contributed by atoms with Crippen molar-refractivity contribution < 1.29 is 36.0 Å². The normalized spacial score (nSPS) is 13.5. The van der Waals surface area contributed by atoms with Crippen LogP contribution in [0.5, 0.6) is 11.5 Å². The Labute approximate surface area is 240 Å². The molecule has 1 N–H and O–H groups in total. The minimum atomic E-state index is -5.57. The summed E-state index contributed by atoms with van der Waals surface area (Å²) in [6.07, 6.45) is -4.60. The number of benzene rings is 3. The topological polar surface area (TPSA) is 46.5 Å². The second-order valence-corrected chi connectivity index (χ2v) is 11.4. The zero-order valence-electron chi connectivity index (χ0n) is 22.9. The zero-order valence-corrected chi connectivity index (χ0v) is 23.7. The third-order valence-corrected chi connectivity index (χ3v) is 8.11. The first kappa shape index (κ1) is 32.3. The molecule has 0 aliphatic rings. The highest BCUT2D eigenvalue weighted by molar-refractivity contribution is 7.84. The molecule has 3 aromatic carbocycles. The fraction of sp³-hybridized carbons (Fsp3) is 0.375.